The number of unbranched alkanes of at least 4 members (excludes halogenated alkanes) is 1. The van der Waals surface area contributed by atoms with Gasteiger partial charge in [-0.15, -0.1) is 11.6 Å². The van der Waals surface area contributed by atoms with Crippen molar-refractivity contribution in [3.05, 3.63) is 36.0 Å². The van der Waals surface area contributed by atoms with Crippen LogP contribution in [0.5, 0.6) is 0 Å². The fourth-order valence-electron chi connectivity index (χ4n) is 3.40. The molecule has 0 aromatic carbocycles. The highest BCUT2D eigenvalue weighted by molar-refractivity contribution is 6.21. The van der Waals surface area contributed by atoms with E-state index in [4.69, 9.17) is 16.7 Å². The van der Waals surface area contributed by atoms with E-state index in [1.807, 2.05) is 39.0 Å². The number of allylic oxidation sites excluding steroid dienone is 4. The molecule has 0 saturated heterocycles. The normalized spacial score (nSPS) is 27.9. The summed E-state index contributed by atoms with van der Waals surface area (Å²) < 4.78 is 0. The Balaban J connectivity index is 2.58. The fraction of sp³-hybridized carbons (Fsp3) is 0.682. The summed E-state index contributed by atoms with van der Waals surface area (Å²) in [5.74, 6) is -0.602. The molecule has 1 saturated carbocycles. The van der Waals surface area contributed by atoms with E-state index in [9.17, 15) is 15.0 Å². The van der Waals surface area contributed by atoms with Gasteiger partial charge in [0.25, 0.3) is 0 Å². The van der Waals surface area contributed by atoms with Crippen molar-refractivity contribution in [3.63, 3.8) is 0 Å². The maximum atomic E-state index is 10.5. The van der Waals surface area contributed by atoms with Crippen LogP contribution < -0.4 is 0 Å². The van der Waals surface area contributed by atoms with Crippen LogP contribution in [0.2, 0.25) is 0 Å². The van der Waals surface area contributed by atoms with E-state index >= 15 is 0 Å². The van der Waals surface area contributed by atoms with Gasteiger partial charge in [0.1, 0.15) is 0 Å². The number of carboxylic acid groups (broad SMARTS) is 1. The molecule has 0 bridgehead atoms. The second kappa shape index (κ2) is 12.4. The van der Waals surface area contributed by atoms with E-state index in [0.29, 0.717) is 12.8 Å². The SMILES string of the molecule is CC(C)=CCC(C)[C@H](O)C=C[C@@H]1[C@@H](CC=CCCCC(=O)O)[C@@H](Cl)C[C@H]1O. The van der Waals surface area contributed by atoms with Crippen molar-refractivity contribution >= 4 is 17.6 Å². The van der Waals surface area contributed by atoms with E-state index in [1.54, 1.807) is 6.08 Å². The number of hydrogen-bond acceptors (Lipinski definition) is 3. The van der Waals surface area contributed by atoms with Crippen molar-refractivity contribution in [3.8, 4) is 0 Å². The molecule has 3 N–H and O–H groups in total. The van der Waals surface area contributed by atoms with E-state index < -0.39 is 18.2 Å². The average Bonchev–Trinajstić information content (AvgIpc) is 2.86. The number of rotatable bonds is 11. The molecule has 5 heteroatoms. The smallest absolute Gasteiger partial charge is 0.303 e. The molecule has 0 amide bonds. The number of aliphatic carboxylic acids is 1. The zero-order chi connectivity index (χ0) is 20.4. The molecule has 27 heavy (non-hydrogen) atoms. The Morgan fingerprint density at radius 3 is 2.63 bits per heavy atom. The summed E-state index contributed by atoms with van der Waals surface area (Å²) in [6, 6.07) is 0. The van der Waals surface area contributed by atoms with Gasteiger partial charge in [-0.25, -0.2) is 0 Å². The van der Waals surface area contributed by atoms with E-state index in [2.05, 4.69) is 6.08 Å². The van der Waals surface area contributed by atoms with E-state index in [-0.39, 0.29) is 29.6 Å². The third kappa shape index (κ3) is 9.09. The Kier molecular flexibility index (Phi) is 11.0. The maximum absolute atomic E-state index is 10.5. The third-order valence-corrected chi connectivity index (χ3v) is 5.72. The molecule has 1 rings (SSSR count). The highest BCUT2D eigenvalue weighted by Crippen LogP contribution is 2.39. The predicted octanol–water partition coefficient (Wildman–Crippen LogP) is 4.70. The van der Waals surface area contributed by atoms with Gasteiger partial charge in [-0.05, 0) is 57.8 Å². The summed E-state index contributed by atoms with van der Waals surface area (Å²) in [7, 11) is 0. The molecular weight excluding hydrogens is 364 g/mol. The summed E-state index contributed by atoms with van der Waals surface area (Å²) >= 11 is 6.44. The fourth-order valence-corrected chi connectivity index (χ4v) is 3.85. The lowest BCUT2D eigenvalue weighted by Gasteiger charge is -2.20. The Bertz CT molecular complexity index is 536. The zero-order valence-electron chi connectivity index (χ0n) is 16.7. The van der Waals surface area contributed by atoms with Crippen molar-refractivity contribution in [1.29, 1.82) is 0 Å². The van der Waals surface area contributed by atoms with Gasteiger partial charge in [-0.3, -0.25) is 4.79 Å². The summed E-state index contributed by atoms with van der Waals surface area (Å²) in [6.07, 6.45) is 12.5. The Morgan fingerprint density at radius 1 is 1.30 bits per heavy atom. The number of carbonyl (C=O) groups is 1. The van der Waals surface area contributed by atoms with Gasteiger partial charge < -0.3 is 15.3 Å². The van der Waals surface area contributed by atoms with Gasteiger partial charge in [0.2, 0.25) is 0 Å². The molecule has 0 aliphatic heterocycles. The monoisotopic (exact) mass is 398 g/mol. The van der Waals surface area contributed by atoms with Gasteiger partial charge >= 0.3 is 5.97 Å². The molecule has 0 heterocycles. The van der Waals surface area contributed by atoms with Crippen molar-refractivity contribution in [2.45, 2.75) is 76.9 Å². The van der Waals surface area contributed by atoms with Crippen molar-refractivity contribution < 1.29 is 20.1 Å². The summed E-state index contributed by atoms with van der Waals surface area (Å²) in [5, 5.41) is 29.2. The van der Waals surface area contributed by atoms with Crippen molar-refractivity contribution in [2.75, 3.05) is 0 Å². The Hall–Kier alpha value is -1.10. The first-order valence-corrected chi connectivity index (χ1v) is 10.3. The molecule has 0 radical (unpaired) electrons. The van der Waals surface area contributed by atoms with Crippen molar-refractivity contribution in [1.82, 2.24) is 0 Å². The van der Waals surface area contributed by atoms with E-state index in [1.165, 1.54) is 5.57 Å². The molecular formula is C22H35ClO4. The van der Waals surface area contributed by atoms with E-state index in [0.717, 1.165) is 19.3 Å². The Morgan fingerprint density at radius 2 is 2.00 bits per heavy atom. The highest BCUT2D eigenvalue weighted by Gasteiger charge is 2.39. The molecule has 4 nitrogen and oxygen atoms in total. The second-order valence-electron chi connectivity index (χ2n) is 7.92. The zero-order valence-corrected chi connectivity index (χ0v) is 17.5. The molecule has 0 aromatic rings. The molecule has 1 unspecified atom stereocenters. The van der Waals surface area contributed by atoms with Gasteiger partial charge in [0.15, 0.2) is 0 Å². The standard InChI is InChI=1S/C22H35ClO4/c1-15(2)10-11-16(3)20(24)13-12-18-17(19(23)14-21(18)25)8-6-4-5-7-9-22(26)27/h4,6,10,12-13,16-21,24-25H,5,7-9,11,14H2,1-3H3,(H,26,27)/t16?,17-,18-,19+,20-,21-/m1/s1. The number of hydrogen-bond donors (Lipinski definition) is 3. The molecule has 1 fully saturated rings. The molecule has 0 aromatic heterocycles. The number of carboxylic acids is 1. The second-order valence-corrected chi connectivity index (χ2v) is 8.48. The summed E-state index contributed by atoms with van der Waals surface area (Å²) in [6.45, 7) is 6.11. The van der Waals surface area contributed by atoms with Crippen LogP contribution in [-0.2, 0) is 4.79 Å². The van der Waals surface area contributed by atoms with Crippen LogP contribution in [0.3, 0.4) is 0 Å². The number of halogens is 1. The lowest BCUT2D eigenvalue weighted by Crippen LogP contribution is -2.20. The predicted molar refractivity (Wildman–Crippen MR) is 111 cm³/mol. The summed E-state index contributed by atoms with van der Waals surface area (Å²) in [4.78, 5) is 10.5. The maximum Gasteiger partial charge on any atom is 0.303 e. The topological polar surface area (TPSA) is 77.8 Å². The van der Waals surface area contributed by atoms with Crippen LogP contribution in [0, 0.1) is 17.8 Å². The van der Waals surface area contributed by atoms with Crippen LogP contribution in [0.4, 0.5) is 0 Å². The number of alkyl halides is 1. The quantitative estimate of drug-likeness (QED) is 0.268. The first-order chi connectivity index (χ1) is 12.7. The van der Waals surface area contributed by atoms with Crippen LogP contribution in [0.15, 0.2) is 36.0 Å². The van der Waals surface area contributed by atoms with Crippen LogP contribution in [-0.4, -0.2) is 38.9 Å². The van der Waals surface area contributed by atoms with Crippen molar-refractivity contribution in [2.24, 2.45) is 17.8 Å². The van der Waals surface area contributed by atoms with Crippen LogP contribution in [0.25, 0.3) is 0 Å². The molecule has 1 aliphatic carbocycles. The third-order valence-electron chi connectivity index (χ3n) is 5.22. The first kappa shape index (κ1) is 23.9. The largest absolute Gasteiger partial charge is 0.481 e. The van der Waals surface area contributed by atoms with Gasteiger partial charge in [-0.2, -0.15) is 0 Å². The lowest BCUT2D eigenvalue weighted by atomic mass is 9.89. The number of aliphatic hydroxyl groups excluding tert-OH is 2. The van der Waals surface area contributed by atoms with Crippen LogP contribution >= 0.6 is 11.6 Å². The first-order valence-electron chi connectivity index (χ1n) is 9.91. The summed E-state index contributed by atoms with van der Waals surface area (Å²) in [5.41, 5.74) is 1.24. The van der Waals surface area contributed by atoms with Gasteiger partial charge in [0.05, 0.1) is 12.2 Å². The minimum absolute atomic E-state index is 0.0681. The molecule has 154 valence electrons. The van der Waals surface area contributed by atoms with Gasteiger partial charge in [-0.1, -0.05) is 42.9 Å². The minimum Gasteiger partial charge on any atom is -0.481 e. The van der Waals surface area contributed by atoms with Crippen LogP contribution in [0.1, 0.15) is 59.3 Å². The highest BCUT2D eigenvalue weighted by atomic mass is 35.5. The lowest BCUT2D eigenvalue weighted by molar-refractivity contribution is -0.137. The molecule has 6 atom stereocenters. The van der Waals surface area contributed by atoms with Gasteiger partial charge in [0, 0.05) is 17.7 Å². The molecule has 0 spiro atoms. The average molecular weight is 399 g/mol. The minimum atomic E-state index is -0.772. The number of aliphatic hydroxyl groups is 2. The molecule has 1 aliphatic rings. The Labute approximate surface area is 168 Å².